The number of hydrogen-bond acceptors (Lipinski definition) is 5. The van der Waals surface area contributed by atoms with Crippen LogP contribution in [0.3, 0.4) is 0 Å². The molecule has 2 aliphatic carbocycles. The predicted octanol–water partition coefficient (Wildman–Crippen LogP) is 12.5. The molecule has 1 spiro atoms. The van der Waals surface area contributed by atoms with Gasteiger partial charge in [0.1, 0.15) is 17.2 Å². The van der Waals surface area contributed by atoms with E-state index in [-0.39, 0.29) is 16.2 Å². The largest absolute Gasteiger partial charge is 0.497 e. The fourth-order valence-corrected chi connectivity index (χ4v) is 11.4. The van der Waals surface area contributed by atoms with Crippen LogP contribution in [0, 0.1) is 17.8 Å². The van der Waals surface area contributed by atoms with Crippen molar-refractivity contribution >= 4 is 40.4 Å². The van der Waals surface area contributed by atoms with Gasteiger partial charge in [-0.1, -0.05) is 64.1 Å². The molecule has 5 aromatic rings. The van der Waals surface area contributed by atoms with Crippen LogP contribution in [0.5, 0.6) is 17.2 Å². The molecule has 0 saturated heterocycles. The third-order valence-electron chi connectivity index (χ3n) is 11.6. The molecule has 1 saturated carbocycles. The quantitative estimate of drug-likeness (QED) is 0.163. The van der Waals surface area contributed by atoms with Crippen molar-refractivity contribution in [2.45, 2.75) is 74.7 Å². The van der Waals surface area contributed by atoms with Gasteiger partial charge in [-0.05, 0) is 137 Å². The summed E-state index contributed by atoms with van der Waals surface area (Å²) in [6, 6.07) is 28.8. The summed E-state index contributed by atoms with van der Waals surface area (Å²) in [5.74, 6) is 2.60. The Bertz CT molecular complexity index is 2150. The van der Waals surface area contributed by atoms with E-state index >= 15 is 0 Å². The molecule has 0 unspecified atom stereocenters. The minimum Gasteiger partial charge on any atom is -0.497 e. The average Bonchev–Trinajstić information content (AvgIpc) is 3.37. The van der Waals surface area contributed by atoms with Crippen molar-refractivity contribution in [3.8, 4) is 28.4 Å². The van der Waals surface area contributed by atoms with Gasteiger partial charge in [0.25, 0.3) is 0 Å². The lowest BCUT2D eigenvalue weighted by Crippen LogP contribution is -2.44. The molecule has 1 heterocycles. The Morgan fingerprint density at radius 2 is 1.29 bits per heavy atom. The normalized spacial score (nSPS) is 18.5. The Labute approximate surface area is 312 Å². The van der Waals surface area contributed by atoms with Crippen molar-refractivity contribution in [1.29, 1.82) is 0 Å². The van der Waals surface area contributed by atoms with E-state index in [1.165, 1.54) is 60.4 Å². The summed E-state index contributed by atoms with van der Waals surface area (Å²) in [6.07, 6.45) is 12.5. The minimum atomic E-state index is -0.867. The lowest BCUT2D eigenvalue weighted by atomic mass is 9.52. The molecule has 0 radical (unpaired) electrons. The van der Waals surface area contributed by atoms with Crippen LogP contribution >= 0.6 is 23.5 Å². The highest BCUT2D eigenvalue weighted by molar-refractivity contribution is 7.98. The van der Waals surface area contributed by atoms with E-state index in [9.17, 15) is 0 Å². The van der Waals surface area contributed by atoms with Gasteiger partial charge in [-0.2, -0.15) is 0 Å². The second-order valence-corrected chi connectivity index (χ2v) is 18.1. The third kappa shape index (κ3) is 5.32. The second-order valence-electron chi connectivity index (χ2n) is 16.3. The van der Waals surface area contributed by atoms with Gasteiger partial charge >= 0.3 is 0 Å². The van der Waals surface area contributed by atoms with Crippen molar-refractivity contribution in [3.63, 3.8) is 0 Å². The summed E-state index contributed by atoms with van der Waals surface area (Å²) in [5, 5.41) is 2.45. The first-order valence-electron chi connectivity index (χ1n) is 17.9. The zero-order valence-electron chi connectivity index (χ0n) is 31.3. The Morgan fingerprint density at radius 3 is 1.84 bits per heavy atom. The van der Waals surface area contributed by atoms with Gasteiger partial charge < -0.3 is 14.2 Å². The number of thioether (sulfide) groups is 2. The minimum absolute atomic E-state index is 0.155. The van der Waals surface area contributed by atoms with Crippen molar-refractivity contribution in [1.82, 2.24) is 0 Å². The zero-order chi connectivity index (χ0) is 35.9. The average molecular weight is 713 g/mol. The van der Waals surface area contributed by atoms with Crippen molar-refractivity contribution < 1.29 is 14.2 Å². The molecular weight excluding hydrogens is 665 g/mol. The molecule has 5 heteroatoms. The summed E-state index contributed by atoms with van der Waals surface area (Å²) < 4.78 is 18.9. The van der Waals surface area contributed by atoms with E-state index in [2.05, 4.69) is 114 Å². The highest BCUT2D eigenvalue weighted by atomic mass is 32.2. The number of methoxy groups -OCH3 is 2. The van der Waals surface area contributed by atoms with Crippen molar-refractivity contribution in [2.24, 2.45) is 10.8 Å². The van der Waals surface area contributed by atoms with Crippen LogP contribution in [0.2, 0.25) is 0 Å². The lowest BCUT2D eigenvalue weighted by molar-refractivity contribution is 0.0641. The molecule has 3 nitrogen and oxygen atoms in total. The van der Waals surface area contributed by atoms with Gasteiger partial charge in [-0.15, -0.1) is 23.5 Å². The lowest BCUT2D eigenvalue weighted by Gasteiger charge is -2.52. The summed E-state index contributed by atoms with van der Waals surface area (Å²) in [6.45, 7) is 12.2. The second kappa shape index (κ2) is 12.1. The number of hydrogen-bond donors (Lipinski definition) is 0. The standard InChI is InChI=1S/C46H48O3S2/c1-28-22-37-36(24-39(28)51-9)40-34-19-18-33(50-8)23-38(34)45(26-43(2,3)25-44(4,5)27-45)41(40)35-20-21-46(49-42(35)37,29-10-14-31(47-6)15-11-29)30-12-16-32(48-7)17-13-30/h10-24H,25-27H2,1-9H3. The predicted molar refractivity (Wildman–Crippen MR) is 216 cm³/mol. The Hall–Kier alpha value is -3.80. The summed E-state index contributed by atoms with van der Waals surface area (Å²) in [7, 11) is 3.42. The van der Waals surface area contributed by atoms with Gasteiger partial charge in [0.15, 0.2) is 5.60 Å². The molecule has 0 atom stereocenters. The maximum Gasteiger partial charge on any atom is 0.178 e. The van der Waals surface area contributed by atoms with E-state index in [1.54, 1.807) is 14.2 Å². The highest BCUT2D eigenvalue weighted by Gasteiger charge is 2.55. The zero-order valence-corrected chi connectivity index (χ0v) is 33.0. The summed E-state index contributed by atoms with van der Waals surface area (Å²) >= 11 is 3.67. The fraction of sp³-hybridized carbons (Fsp3) is 0.348. The molecule has 51 heavy (non-hydrogen) atoms. The Balaban J connectivity index is 1.49. The molecule has 0 N–H and O–H groups in total. The monoisotopic (exact) mass is 712 g/mol. The van der Waals surface area contributed by atoms with E-state index in [0.29, 0.717) is 0 Å². The summed E-state index contributed by atoms with van der Waals surface area (Å²) in [4.78, 5) is 2.63. The first kappa shape index (κ1) is 34.3. The Kier molecular flexibility index (Phi) is 8.16. The fourth-order valence-electron chi connectivity index (χ4n) is 10.3. The molecule has 0 aromatic heterocycles. The van der Waals surface area contributed by atoms with Crippen LogP contribution < -0.4 is 14.2 Å². The topological polar surface area (TPSA) is 27.7 Å². The van der Waals surface area contributed by atoms with Crippen LogP contribution in [-0.2, 0) is 11.0 Å². The summed E-state index contributed by atoms with van der Waals surface area (Å²) in [5.41, 5.74) is 9.59. The number of fused-ring (bicyclic) bond motifs is 10. The molecule has 5 aromatic carbocycles. The van der Waals surface area contributed by atoms with Gasteiger partial charge in [0.2, 0.25) is 0 Å². The van der Waals surface area contributed by atoms with E-state index in [0.717, 1.165) is 41.2 Å². The Morgan fingerprint density at radius 1 is 0.686 bits per heavy atom. The molecular formula is C46H48O3S2. The number of ether oxygens (including phenoxy) is 3. The highest BCUT2D eigenvalue weighted by Crippen LogP contribution is 2.67. The first-order valence-corrected chi connectivity index (χ1v) is 20.4. The van der Waals surface area contributed by atoms with Crippen LogP contribution in [-0.4, -0.2) is 26.7 Å². The third-order valence-corrected chi connectivity index (χ3v) is 13.2. The SMILES string of the molecule is COc1ccc(C2(c3ccc(OC)cc3)C=Cc3c4c(c5cc(SC)c(C)cc5c3O2)-c2ccc(SC)cc2C42CC(C)(C)CC(C)(C)C2)cc1. The van der Waals surface area contributed by atoms with Gasteiger partial charge in [-0.3, -0.25) is 0 Å². The van der Waals surface area contributed by atoms with E-state index in [1.807, 2.05) is 47.8 Å². The molecule has 3 aliphatic rings. The van der Waals surface area contributed by atoms with Crippen LogP contribution in [0.4, 0.5) is 0 Å². The van der Waals surface area contributed by atoms with Crippen molar-refractivity contribution in [2.75, 3.05) is 26.7 Å². The first-order chi connectivity index (χ1) is 24.4. The molecule has 0 bridgehead atoms. The number of benzene rings is 5. The van der Waals surface area contributed by atoms with Crippen LogP contribution in [0.1, 0.15) is 80.3 Å². The molecule has 8 rings (SSSR count). The number of rotatable bonds is 6. The van der Waals surface area contributed by atoms with Crippen LogP contribution in [0.15, 0.2) is 94.7 Å². The molecule has 1 fully saturated rings. The smallest absolute Gasteiger partial charge is 0.178 e. The molecule has 1 aliphatic heterocycles. The van der Waals surface area contributed by atoms with Crippen molar-refractivity contribution in [3.05, 3.63) is 118 Å². The van der Waals surface area contributed by atoms with E-state index in [4.69, 9.17) is 14.2 Å². The van der Waals surface area contributed by atoms with Gasteiger partial charge in [-0.25, -0.2) is 0 Å². The van der Waals surface area contributed by atoms with Crippen LogP contribution in [0.25, 0.3) is 28.0 Å². The molecule has 262 valence electrons. The molecule has 0 amide bonds. The van der Waals surface area contributed by atoms with E-state index < -0.39 is 5.60 Å². The maximum absolute atomic E-state index is 7.71. The van der Waals surface area contributed by atoms with Gasteiger partial charge in [0.05, 0.1) is 14.2 Å². The van der Waals surface area contributed by atoms with Gasteiger partial charge in [0, 0.05) is 37.3 Å². The number of aryl methyl sites for hydroxylation is 1. The maximum atomic E-state index is 7.71.